The average Bonchev–Trinajstić information content (AvgIpc) is 2.15. The fourth-order valence-electron chi connectivity index (χ4n) is 1.17. The lowest BCUT2D eigenvalue weighted by Gasteiger charge is -2.26. The summed E-state index contributed by atoms with van der Waals surface area (Å²) in [7, 11) is 0. The number of hydrogen-bond donors (Lipinski definition) is 2. The Morgan fingerprint density at radius 2 is 1.75 bits per heavy atom. The van der Waals surface area contributed by atoms with E-state index in [1.165, 1.54) is 24.3 Å². The van der Waals surface area contributed by atoms with Crippen molar-refractivity contribution in [2.75, 3.05) is 23.0 Å². The molecule has 0 saturated carbocycles. The molecule has 0 radical (unpaired) electrons. The maximum absolute atomic E-state index is 4.32. The maximum Gasteiger partial charge on any atom is 0.0226 e. The summed E-state index contributed by atoms with van der Waals surface area (Å²) >= 11 is 12.8. The zero-order valence-corrected chi connectivity index (χ0v) is 10.5. The van der Waals surface area contributed by atoms with Crippen LogP contribution >= 0.6 is 48.8 Å². The molecule has 0 aliphatic carbocycles. The van der Waals surface area contributed by atoms with Gasteiger partial charge < -0.3 is 0 Å². The lowest BCUT2D eigenvalue weighted by atomic mass is 10.3. The number of thiol groups is 2. The van der Waals surface area contributed by atoms with Gasteiger partial charge in [-0.3, -0.25) is 0 Å². The van der Waals surface area contributed by atoms with Gasteiger partial charge in [-0.1, -0.05) is 0 Å². The molecule has 2 atom stereocenters. The van der Waals surface area contributed by atoms with Gasteiger partial charge in [0.15, 0.2) is 0 Å². The van der Waals surface area contributed by atoms with E-state index < -0.39 is 0 Å². The molecular weight excluding hydrogens is 224 g/mol. The van der Waals surface area contributed by atoms with Crippen LogP contribution in [0.5, 0.6) is 0 Å². The molecule has 0 amide bonds. The van der Waals surface area contributed by atoms with Crippen molar-refractivity contribution < 1.29 is 0 Å². The van der Waals surface area contributed by atoms with Crippen molar-refractivity contribution >= 4 is 48.8 Å². The second-order valence-corrected chi connectivity index (χ2v) is 6.44. The lowest BCUT2D eigenvalue weighted by Crippen LogP contribution is -2.22. The van der Waals surface area contributed by atoms with Crippen LogP contribution in [0.25, 0.3) is 0 Å². The Hall–Kier alpha value is 1.40. The smallest absolute Gasteiger partial charge is 0.0226 e. The Kier molecular flexibility index (Phi) is 6.50. The molecule has 0 nitrogen and oxygen atoms in total. The molecular formula is C8H16S4. The van der Waals surface area contributed by atoms with E-state index in [0.717, 1.165) is 22.0 Å². The molecule has 0 aromatic carbocycles. The lowest BCUT2D eigenvalue weighted by molar-refractivity contribution is 0.796. The van der Waals surface area contributed by atoms with Crippen LogP contribution < -0.4 is 0 Å². The molecule has 0 spiro atoms. The molecule has 2 unspecified atom stereocenters. The Morgan fingerprint density at radius 1 is 1.08 bits per heavy atom. The summed E-state index contributed by atoms with van der Waals surface area (Å²) in [6, 6.07) is 0. The molecule has 1 aliphatic rings. The molecule has 0 N–H and O–H groups in total. The van der Waals surface area contributed by atoms with E-state index in [9.17, 15) is 0 Å². The Labute approximate surface area is 94.8 Å². The van der Waals surface area contributed by atoms with Crippen LogP contribution in [0.4, 0.5) is 0 Å². The van der Waals surface area contributed by atoms with Crippen molar-refractivity contribution in [3.8, 4) is 0 Å². The summed E-state index contributed by atoms with van der Waals surface area (Å²) in [4.78, 5) is 0. The summed E-state index contributed by atoms with van der Waals surface area (Å²) in [6.07, 6.45) is 2.62. The van der Waals surface area contributed by atoms with Crippen molar-refractivity contribution in [1.29, 1.82) is 0 Å². The topological polar surface area (TPSA) is 0 Å². The van der Waals surface area contributed by atoms with Gasteiger partial charge in [-0.15, -0.1) is 0 Å². The van der Waals surface area contributed by atoms with Crippen LogP contribution in [0, 0.1) is 0 Å². The highest BCUT2D eigenvalue weighted by Gasteiger charge is 2.20. The van der Waals surface area contributed by atoms with Gasteiger partial charge in [-0.2, -0.15) is 48.8 Å². The standard InChI is InChI=1S/C8H16S4/c9-3-1-2-7-5-12-8(4-10)6-11-7/h7-10H,1-6H2. The van der Waals surface area contributed by atoms with Gasteiger partial charge in [-0.05, 0) is 18.6 Å². The molecule has 1 aliphatic heterocycles. The van der Waals surface area contributed by atoms with Crippen molar-refractivity contribution in [2.45, 2.75) is 23.3 Å². The number of hydrogen-bond acceptors (Lipinski definition) is 4. The molecule has 0 aromatic rings. The van der Waals surface area contributed by atoms with E-state index in [2.05, 4.69) is 48.8 Å². The zero-order chi connectivity index (χ0) is 8.81. The zero-order valence-electron chi connectivity index (χ0n) is 7.11. The third-order valence-electron chi connectivity index (χ3n) is 1.92. The fourth-order valence-corrected chi connectivity index (χ4v) is 4.91. The Bertz CT molecular complexity index is 110. The van der Waals surface area contributed by atoms with Crippen LogP contribution in [0.15, 0.2) is 0 Å². The van der Waals surface area contributed by atoms with E-state index >= 15 is 0 Å². The van der Waals surface area contributed by atoms with E-state index in [1.807, 2.05) is 0 Å². The molecule has 0 aromatic heterocycles. The predicted octanol–water partition coefficient (Wildman–Crippen LogP) is 2.84. The largest absolute Gasteiger partial charge is 0.179 e. The monoisotopic (exact) mass is 240 g/mol. The number of thioether (sulfide) groups is 2. The summed E-state index contributed by atoms with van der Waals surface area (Å²) in [5.41, 5.74) is 0. The highest BCUT2D eigenvalue weighted by atomic mass is 32.2. The minimum atomic E-state index is 0.797. The van der Waals surface area contributed by atoms with Gasteiger partial charge >= 0.3 is 0 Å². The van der Waals surface area contributed by atoms with Gasteiger partial charge in [0.25, 0.3) is 0 Å². The molecule has 0 bridgehead atoms. The van der Waals surface area contributed by atoms with Gasteiger partial charge in [0.1, 0.15) is 0 Å². The first-order valence-electron chi connectivity index (χ1n) is 4.31. The molecule has 1 heterocycles. The predicted molar refractivity (Wildman–Crippen MR) is 69.4 cm³/mol. The summed E-state index contributed by atoms with van der Waals surface area (Å²) in [5.74, 6) is 4.70. The maximum atomic E-state index is 4.32. The summed E-state index contributed by atoms with van der Waals surface area (Å²) in [5, 5.41) is 1.68. The van der Waals surface area contributed by atoms with Crippen molar-refractivity contribution in [3.05, 3.63) is 0 Å². The first-order valence-corrected chi connectivity index (χ1v) is 7.68. The quantitative estimate of drug-likeness (QED) is 0.725. The van der Waals surface area contributed by atoms with Gasteiger partial charge in [-0.25, -0.2) is 0 Å². The fraction of sp³-hybridized carbons (Fsp3) is 1.00. The van der Waals surface area contributed by atoms with Crippen molar-refractivity contribution in [2.24, 2.45) is 0 Å². The second kappa shape index (κ2) is 6.80. The minimum absolute atomic E-state index is 0.797. The van der Waals surface area contributed by atoms with Crippen LogP contribution in [-0.2, 0) is 0 Å². The molecule has 72 valence electrons. The first kappa shape index (κ1) is 11.5. The van der Waals surface area contributed by atoms with E-state index in [1.54, 1.807) is 0 Å². The Balaban J connectivity index is 2.09. The first-order chi connectivity index (χ1) is 5.86. The molecule has 1 fully saturated rings. The summed E-state index contributed by atoms with van der Waals surface area (Å²) < 4.78 is 0. The second-order valence-electron chi connectivity index (χ2n) is 2.96. The molecule has 1 saturated heterocycles. The minimum Gasteiger partial charge on any atom is -0.179 e. The van der Waals surface area contributed by atoms with Gasteiger partial charge in [0.05, 0.1) is 0 Å². The highest BCUT2D eigenvalue weighted by Crippen LogP contribution is 2.32. The third kappa shape index (κ3) is 4.07. The number of rotatable bonds is 4. The van der Waals surface area contributed by atoms with Crippen LogP contribution in [0.1, 0.15) is 12.8 Å². The van der Waals surface area contributed by atoms with E-state index in [0.29, 0.717) is 0 Å². The van der Waals surface area contributed by atoms with Crippen molar-refractivity contribution in [1.82, 2.24) is 0 Å². The van der Waals surface area contributed by atoms with Gasteiger partial charge in [0, 0.05) is 27.8 Å². The van der Waals surface area contributed by atoms with E-state index in [-0.39, 0.29) is 0 Å². The molecule has 4 heteroatoms. The summed E-state index contributed by atoms with van der Waals surface area (Å²) in [6.45, 7) is 0. The molecule has 12 heavy (non-hydrogen) atoms. The van der Waals surface area contributed by atoms with Crippen LogP contribution in [0.3, 0.4) is 0 Å². The highest BCUT2D eigenvalue weighted by molar-refractivity contribution is 8.07. The van der Waals surface area contributed by atoms with Crippen LogP contribution in [0.2, 0.25) is 0 Å². The van der Waals surface area contributed by atoms with E-state index in [4.69, 9.17) is 0 Å². The average molecular weight is 240 g/mol. The SMILES string of the molecule is SCCCC1CSC(CS)CS1. The molecule has 1 rings (SSSR count). The third-order valence-corrected chi connectivity index (χ3v) is 6.22. The normalized spacial score (nSPS) is 30.5. The van der Waals surface area contributed by atoms with Crippen LogP contribution in [-0.4, -0.2) is 33.5 Å². The van der Waals surface area contributed by atoms with Crippen molar-refractivity contribution in [3.63, 3.8) is 0 Å². The Morgan fingerprint density at radius 3 is 2.25 bits per heavy atom. The van der Waals surface area contributed by atoms with Gasteiger partial charge in [0.2, 0.25) is 0 Å².